The van der Waals surface area contributed by atoms with E-state index in [2.05, 4.69) is 5.32 Å². The van der Waals surface area contributed by atoms with Gasteiger partial charge in [0.25, 0.3) is 0 Å². The highest BCUT2D eigenvalue weighted by molar-refractivity contribution is 5.75. The Labute approximate surface area is 122 Å². The van der Waals surface area contributed by atoms with Crippen LogP contribution in [0.2, 0.25) is 0 Å². The second-order valence-corrected chi connectivity index (χ2v) is 6.11. The van der Waals surface area contributed by atoms with Crippen LogP contribution in [0.25, 0.3) is 0 Å². The van der Waals surface area contributed by atoms with E-state index in [4.69, 9.17) is 5.73 Å². The fraction of sp³-hybridized carbons (Fsp3) is 0.533. The van der Waals surface area contributed by atoms with Crippen molar-refractivity contribution in [3.63, 3.8) is 0 Å². The van der Waals surface area contributed by atoms with Gasteiger partial charge in [0.1, 0.15) is 11.6 Å². The van der Waals surface area contributed by atoms with Gasteiger partial charge in [-0.05, 0) is 42.9 Å². The van der Waals surface area contributed by atoms with Crippen molar-refractivity contribution in [2.45, 2.75) is 24.8 Å². The molecular weight excluding hydrogens is 276 g/mol. The van der Waals surface area contributed by atoms with Crippen molar-refractivity contribution in [1.29, 1.82) is 0 Å². The van der Waals surface area contributed by atoms with Gasteiger partial charge in [-0.1, -0.05) is 0 Å². The largest absolute Gasteiger partial charge is 0.338 e. The summed E-state index contributed by atoms with van der Waals surface area (Å²) in [5, 5.41) is 2.78. The maximum absolute atomic E-state index is 13.0. The molecule has 1 saturated heterocycles. The van der Waals surface area contributed by atoms with E-state index in [1.54, 1.807) is 4.90 Å². The molecule has 2 amide bonds. The van der Waals surface area contributed by atoms with Crippen LogP contribution in [0.1, 0.15) is 18.4 Å². The van der Waals surface area contributed by atoms with E-state index >= 15 is 0 Å². The Balaban J connectivity index is 1.48. The Morgan fingerprint density at radius 2 is 2.10 bits per heavy atom. The van der Waals surface area contributed by atoms with E-state index in [0.29, 0.717) is 37.5 Å². The van der Waals surface area contributed by atoms with Crippen molar-refractivity contribution in [2.24, 2.45) is 11.7 Å². The first-order valence-corrected chi connectivity index (χ1v) is 7.23. The molecule has 2 atom stereocenters. The van der Waals surface area contributed by atoms with E-state index in [9.17, 15) is 13.6 Å². The minimum atomic E-state index is -0.600. The number of fused-ring (bicyclic) bond motifs is 1. The molecule has 0 radical (unpaired) electrons. The van der Waals surface area contributed by atoms with Crippen LogP contribution in [0.4, 0.5) is 13.6 Å². The summed E-state index contributed by atoms with van der Waals surface area (Å²) in [5.41, 5.74) is 6.52. The topological polar surface area (TPSA) is 58.4 Å². The highest BCUT2D eigenvalue weighted by Crippen LogP contribution is 2.42. The number of nitrogens with zero attached hydrogens (tertiary/aromatic N) is 1. The number of rotatable bonds is 3. The van der Waals surface area contributed by atoms with Crippen molar-refractivity contribution in [3.05, 3.63) is 35.4 Å². The summed E-state index contributed by atoms with van der Waals surface area (Å²) in [6.07, 6.45) is 2.46. The lowest BCUT2D eigenvalue weighted by Crippen LogP contribution is -2.55. The van der Waals surface area contributed by atoms with Gasteiger partial charge >= 0.3 is 6.03 Å². The number of benzene rings is 1. The standard InChI is InChI=1S/C15H19F2N3O/c16-12-5-10(6-13(17)7-12)2-4-19-14(21)20-8-11-1-3-15(11,18)9-20/h5-7,11H,1-4,8-9,18H2,(H,19,21)/t11-,15-/m0/s1. The van der Waals surface area contributed by atoms with E-state index in [1.807, 2.05) is 0 Å². The minimum absolute atomic E-state index is 0.147. The number of urea groups is 1. The van der Waals surface area contributed by atoms with Crippen LogP contribution >= 0.6 is 0 Å². The van der Waals surface area contributed by atoms with Gasteiger partial charge in [-0.2, -0.15) is 0 Å². The second-order valence-electron chi connectivity index (χ2n) is 6.11. The van der Waals surface area contributed by atoms with Gasteiger partial charge in [0, 0.05) is 31.2 Å². The molecule has 6 heteroatoms. The molecular formula is C15H19F2N3O. The SMILES string of the molecule is N[C@]12CC[C@H]1CN(C(=O)NCCc1cc(F)cc(F)c1)C2. The molecule has 2 fully saturated rings. The number of hydrogen-bond donors (Lipinski definition) is 2. The van der Waals surface area contributed by atoms with Gasteiger partial charge in [-0.25, -0.2) is 13.6 Å². The number of nitrogens with two attached hydrogens (primary N) is 1. The summed E-state index contributed by atoms with van der Waals surface area (Å²) in [6, 6.07) is 3.24. The van der Waals surface area contributed by atoms with Crippen molar-refractivity contribution >= 4 is 6.03 Å². The Kier molecular flexibility index (Phi) is 3.57. The Hall–Kier alpha value is -1.69. The monoisotopic (exact) mass is 295 g/mol. The Morgan fingerprint density at radius 3 is 2.62 bits per heavy atom. The molecule has 3 N–H and O–H groups in total. The highest BCUT2D eigenvalue weighted by atomic mass is 19.1. The molecule has 1 aliphatic carbocycles. The molecule has 1 heterocycles. The van der Waals surface area contributed by atoms with Crippen LogP contribution in [0, 0.1) is 17.6 Å². The maximum Gasteiger partial charge on any atom is 0.317 e. The fourth-order valence-corrected chi connectivity index (χ4v) is 3.22. The number of halogens is 2. The summed E-state index contributed by atoms with van der Waals surface area (Å²) < 4.78 is 26.1. The number of nitrogens with one attached hydrogen (secondary N) is 1. The minimum Gasteiger partial charge on any atom is -0.338 e. The smallest absolute Gasteiger partial charge is 0.317 e. The molecule has 1 aromatic carbocycles. The normalized spacial score (nSPS) is 27.2. The zero-order chi connectivity index (χ0) is 15.0. The van der Waals surface area contributed by atoms with E-state index in [0.717, 1.165) is 18.9 Å². The molecule has 1 saturated carbocycles. The number of hydrogen-bond acceptors (Lipinski definition) is 2. The summed E-state index contributed by atoms with van der Waals surface area (Å²) >= 11 is 0. The zero-order valence-electron chi connectivity index (χ0n) is 11.7. The third-order valence-corrected chi connectivity index (χ3v) is 4.60. The molecule has 0 bridgehead atoms. The molecule has 0 aromatic heterocycles. The van der Waals surface area contributed by atoms with Gasteiger partial charge in [-0.3, -0.25) is 0 Å². The van der Waals surface area contributed by atoms with E-state index < -0.39 is 11.6 Å². The van der Waals surface area contributed by atoms with Crippen molar-refractivity contribution in [2.75, 3.05) is 19.6 Å². The van der Waals surface area contributed by atoms with Crippen molar-refractivity contribution in [3.8, 4) is 0 Å². The fourth-order valence-electron chi connectivity index (χ4n) is 3.22. The van der Waals surface area contributed by atoms with Crippen molar-refractivity contribution < 1.29 is 13.6 Å². The number of carbonyl (C=O) groups is 1. The van der Waals surface area contributed by atoms with Crippen molar-refractivity contribution in [1.82, 2.24) is 10.2 Å². The lowest BCUT2D eigenvalue weighted by Gasteiger charge is -2.39. The van der Waals surface area contributed by atoms with Gasteiger partial charge in [0.05, 0.1) is 0 Å². The molecule has 3 rings (SSSR count). The molecule has 114 valence electrons. The predicted molar refractivity (Wildman–Crippen MR) is 74.7 cm³/mol. The van der Waals surface area contributed by atoms with Gasteiger partial charge < -0.3 is 16.0 Å². The first-order chi connectivity index (χ1) is 9.96. The van der Waals surface area contributed by atoms with E-state index in [1.165, 1.54) is 12.1 Å². The molecule has 1 aromatic rings. The molecule has 2 aliphatic rings. The van der Waals surface area contributed by atoms with Crippen LogP contribution in [0.15, 0.2) is 18.2 Å². The number of carbonyl (C=O) groups excluding carboxylic acids is 1. The molecule has 4 nitrogen and oxygen atoms in total. The van der Waals surface area contributed by atoms with Gasteiger partial charge in [0.2, 0.25) is 0 Å². The zero-order valence-corrected chi connectivity index (χ0v) is 11.7. The summed E-state index contributed by atoms with van der Waals surface area (Å²) in [7, 11) is 0. The average molecular weight is 295 g/mol. The summed E-state index contributed by atoms with van der Waals surface area (Å²) in [6.45, 7) is 1.65. The van der Waals surface area contributed by atoms with Crippen LogP contribution in [-0.2, 0) is 6.42 Å². The molecule has 0 unspecified atom stereocenters. The lowest BCUT2D eigenvalue weighted by atomic mass is 9.70. The third-order valence-electron chi connectivity index (χ3n) is 4.60. The molecule has 1 aliphatic heterocycles. The molecule has 21 heavy (non-hydrogen) atoms. The number of amides is 2. The van der Waals surface area contributed by atoms with Crippen LogP contribution in [0.5, 0.6) is 0 Å². The summed E-state index contributed by atoms with van der Waals surface area (Å²) in [4.78, 5) is 13.8. The lowest BCUT2D eigenvalue weighted by molar-refractivity contribution is 0.187. The maximum atomic E-state index is 13.0. The predicted octanol–water partition coefficient (Wildman–Crippen LogP) is 1.64. The second kappa shape index (κ2) is 5.26. The first-order valence-electron chi connectivity index (χ1n) is 7.23. The van der Waals surface area contributed by atoms with Crippen LogP contribution in [0.3, 0.4) is 0 Å². The summed E-state index contributed by atoms with van der Waals surface area (Å²) in [5.74, 6) is -0.782. The average Bonchev–Trinajstić information content (AvgIpc) is 2.62. The Morgan fingerprint density at radius 1 is 1.38 bits per heavy atom. The highest BCUT2D eigenvalue weighted by Gasteiger charge is 2.51. The first kappa shape index (κ1) is 14.3. The quantitative estimate of drug-likeness (QED) is 0.890. The molecule has 0 spiro atoms. The third kappa shape index (κ3) is 2.85. The Bertz CT molecular complexity index is 546. The van der Waals surface area contributed by atoms with Gasteiger partial charge in [0.15, 0.2) is 0 Å². The van der Waals surface area contributed by atoms with Gasteiger partial charge in [-0.15, -0.1) is 0 Å². The van der Waals surface area contributed by atoms with Crippen LogP contribution in [-0.4, -0.2) is 36.1 Å². The number of likely N-dealkylation sites (tertiary alicyclic amines) is 1. The van der Waals surface area contributed by atoms with E-state index in [-0.39, 0.29) is 11.6 Å². The van der Waals surface area contributed by atoms with Crippen LogP contribution < -0.4 is 11.1 Å².